The van der Waals surface area contributed by atoms with Gasteiger partial charge in [-0.25, -0.2) is 4.98 Å². The predicted octanol–water partition coefficient (Wildman–Crippen LogP) is 0.256. The van der Waals surface area contributed by atoms with E-state index in [1.165, 1.54) is 0 Å². The van der Waals surface area contributed by atoms with Gasteiger partial charge < -0.3 is 21.3 Å². The van der Waals surface area contributed by atoms with Crippen molar-refractivity contribution in [1.29, 1.82) is 0 Å². The molecule has 0 spiro atoms. The zero-order valence-electron chi connectivity index (χ0n) is 9.17. The van der Waals surface area contributed by atoms with Crippen LogP contribution in [-0.2, 0) is 0 Å². The van der Waals surface area contributed by atoms with Crippen LogP contribution in [0.1, 0.15) is 12.8 Å². The Hall–Kier alpha value is -1.11. The van der Waals surface area contributed by atoms with Crippen molar-refractivity contribution in [3.8, 4) is 0 Å². The summed E-state index contributed by atoms with van der Waals surface area (Å²) in [5.41, 5.74) is 5.47. The van der Waals surface area contributed by atoms with E-state index in [1.54, 1.807) is 6.07 Å². The first kappa shape index (κ1) is 12.3. The lowest BCUT2D eigenvalue weighted by atomic mass is 9.77. The van der Waals surface area contributed by atoms with Gasteiger partial charge >= 0.3 is 0 Å². The molecule has 1 heterocycles. The molecule has 2 rings (SSSR count). The lowest BCUT2D eigenvalue weighted by Gasteiger charge is -2.37. The minimum atomic E-state index is -0.255. The Morgan fingerprint density at radius 3 is 2.76 bits per heavy atom. The fraction of sp³-hybridized carbons (Fsp3) is 0.600. The molecule has 1 aliphatic carbocycles. The number of hydrogen-bond acceptors (Lipinski definition) is 6. The standard InChI is InChI=1S/C10H15ClN4O2/c11-8-3-9(15-10(12)14-8)13-7(4-16)5-1-6(17)2-5/h3,5-7,16-17H,1-2,4H2,(H3,12,13,14,15). The van der Waals surface area contributed by atoms with E-state index in [0.29, 0.717) is 18.7 Å². The Morgan fingerprint density at radius 1 is 1.53 bits per heavy atom. The molecular formula is C10H15ClN4O2. The smallest absolute Gasteiger partial charge is 0.223 e. The Kier molecular flexibility index (Phi) is 3.66. The normalized spacial score (nSPS) is 25.1. The Bertz CT molecular complexity index is 378. The molecule has 1 aliphatic rings. The number of halogens is 1. The van der Waals surface area contributed by atoms with E-state index in [-0.39, 0.29) is 35.8 Å². The summed E-state index contributed by atoms with van der Waals surface area (Å²) in [5, 5.41) is 21.8. The lowest BCUT2D eigenvalue weighted by molar-refractivity contribution is 0.0250. The minimum absolute atomic E-state index is 0.0289. The Labute approximate surface area is 104 Å². The van der Waals surface area contributed by atoms with Gasteiger partial charge in [0.2, 0.25) is 5.95 Å². The third kappa shape index (κ3) is 2.96. The number of nitrogens with one attached hydrogen (secondary N) is 1. The van der Waals surface area contributed by atoms with Crippen LogP contribution in [0, 0.1) is 5.92 Å². The SMILES string of the molecule is Nc1nc(Cl)cc(NC(CO)C2CC(O)C2)n1. The van der Waals surface area contributed by atoms with Crippen LogP contribution < -0.4 is 11.1 Å². The van der Waals surface area contributed by atoms with Crippen LogP contribution in [-0.4, -0.2) is 38.9 Å². The van der Waals surface area contributed by atoms with Gasteiger partial charge in [0.25, 0.3) is 0 Å². The fourth-order valence-electron chi connectivity index (χ4n) is 1.97. The average molecular weight is 259 g/mol. The van der Waals surface area contributed by atoms with Gasteiger partial charge in [-0.1, -0.05) is 11.6 Å². The van der Waals surface area contributed by atoms with Gasteiger partial charge in [0.1, 0.15) is 11.0 Å². The van der Waals surface area contributed by atoms with Gasteiger partial charge in [-0.2, -0.15) is 4.98 Å². The van der Waals surface area contributed by atoms with Crippen LogP contribution >= 0.6 is 11.6 Å². The summed E-state index contributed by atoms with van der Waals surface area (Å²) in [5.74, 6) is 0.818. The van der Waals surface area contributed by atoms with Gasteiger partial charge in [0.05, 0.1) is 18.8 Å². The second-order valence-corrected chi connectivity index (χ2v) is 4.64. The molecule has 0 bridgehead atoms. The van der Waals surface area contributed by atoms with Gasteiger partial charge in [-0.15, -0.1) is 0 Å². The average Bonchev–Trinajstić information content (AvgIpc) is 2.20. The van der Waals surface area contributed by atoms with Crippen molar-refractivity contribution in [2.24, 2.45) is 5.92 Å². The highest BCUT2D eigenvalue weighted by Gasteiger charge is 2.33. The van der Waals surface area contributed by atoms with Crippen molar-refractivity contribution in [2.75, 3.05) is 17.7 Å². The van der Waals surface area contributed by atoms with Crippen LogP contribution in [0.3, 0.4) is 0 Å². The van der Waals surface area contributed by atoms with E-state index in [4.69, 9.17) is 17.3 Å². The molecule has 5 N–H and O–H groups in total. The van der Waals surface area contributed by atoms with E-state index in [0.717, 1.165) is 0 Å². The first-order valence-electron chi connectivity index (χ1n) is 5.44. The summed E-state index contributed by atoms with van der Waals surface area (Å²) in [7, 11) is 0. The van der Waals surface area contributed by atoms with Crippen LogP contribution in [0.4, 0.5) is 11.8 Å². The molecule has 1 atom stereocenters. The zero-order valence-corrected chi connectivity index (χ0v) is 9.93. The number of nitrogens with two attached hydrogens (primary N) is 1. The molecule has 0 aliphatic heterocycles. The van der Waals surface area contributed by atoms with E-state index < -0.39 is 0 Å². The van der Waals surface area contributed by atoms with Crippen molar-refractivity contribution in [2.45, 2.75) is 25.0 Å². The second-order valence-electron chi connectivity index (χ2n) is 4.25. The number of nitrogen functional groups attached to an aromatic ring is 1. The molecular weight excluding hydrogens is 244 g/mol. The molecule has 1 fully saturated rings. The highest BCUT2D eigenvalue weighted by molar-refractivity contribution is 6.29. The number of anilines is 2. The molecule has 17 heavy (non-hydrogen) atoms. The molecule has 6 nitrogen and oxygen atoms in total. The van der Waals surface area contributed by atoms with E-state index in [1.807, 2.05) is 0 Å². The number of nitrogens with zero attached hydrogens (tertiary/aromatic N) is 2. The molecule has 1 aromatic rings. The van der Waals surface area contributed by atoms with Gasteiger partial charge in [-0.05, 0) is 18.8 Å². The maximum absolute atomic E-state index is 9.30. The first-order chi connectivity index (χ1) is 8.08. The second kappa shape index (κ2) is 5.03. The third-order valence-electron chi connectivity index (χ3n) is 2.96. The fourth-order valence-corrected chi connectivity index (χ4v) is 2.16. The van der Waals surface area contributed by atoms with Gasteiger partial charge in [0.15, 0.2) is 0 Å². The van der Waals surface area contributed by atoms with Crippen LogP contribution in [0.2, 0.25) is 5.15 Å². The molecule has 1 saturated carbocycles. The summed E-state index contributed by atoms with van der Waals surface area (Å²) in [4.78, 5) is 7.73. The molecule has 94 valence electrons. The summed E-state index contributed by atoms with van der Waals surface area (Å²) >= 11 is 5.75. The van der Waals surface area contributed by atoms with Crippen LogP contribution in [0.5, 0.6) is 0 Å². The Balaban J connectivity index is 2.02. The molecule has 0 radical (unpaired) electrons. The van der Waals surface area contributed by atoms with E-state index in [2.05, 4.69) is 15.3 Å². The number of rotatable bonds is 4. The first-order valence-corrected chi connectivity index (χ1v) is 5.82. The largest absolute Gasteiger partial charge is 0.394 e. The lowest BCUT2D eigenvalue weighted by Crippen LogP contribution is -2.43. The number of aliphatic hydroxyl groups is 2. The molecule has 0 amide bonds. The van der Waals surface area contributed by atoms with Crippen molar-refractivity contribution < 1.29 is 10.2 Å². The highest BCUT2D eigenvalue weighted by Crippen LogP contribution is 2.31. The van der Waals surface area contributed by atoms with E-state index >= 15 is 0 Å². The maximum Gasteiger partial charge on any atom is 0.223 e. The molecule has 7 heteroatoms. The topological polar surface area (TPSA) is 104 Å². The quantitative estimate of drug-likeness (QED) is 0.578. The minimum Gasteiger partial charge on any atom is -0.394 e. The van der Waals surface area contributed by atoms with Crippen molar-refractivity contribution in [1.82, 2.24) is 9.97 Å². The monoisotopic (exact) mass is 258 g/mol. The predicted molar refractivity (Wildman–Crippen MR) is 64.7 cm³/mol. The van der Waals surface area contributed by atoms with E-state index in [9.17, 15) is 10.2 Å². The molecule has 0 saturated heterocycles. The van der Waals surface area contributed by atoms with Gasteiger partial charge in [0, 0.05) is 6.07 Å². The zero-order chi connectivity index (χ0) is 12.4. The van der Waals surface area contributed by atoms with Crippen LogP contribution in [0.25, 0.3) is 0 Å². The number of aliphatic hydroxyl groups excluding tert-OH is 2. The third-order valence-corrected chi connectivity index (χ3v) is 3.15. The molecule has 1 unspecified atom stereocenters. The summed E-state index contributed by atoms with van der Waals surface area (Å²) in [6.45, 7) is -0.0289. The van der Waals surface area contributed by atoms with Crippen molar-refractivity contribution >= 4 is 23.4 Å². The maximum atomic E-state index is 9.30. The van der Waals surface area contributed by atoms with Gasteiger partial charge in [-0.3, -0.25) is 0 Å². The Morgan fingerprint density at radius 2 is 2.24 bits per heavy atom. The molecule has 1 aromatic heterocycles. The van der Waals surface area contributed by atoms with Crippen LogP contribution in [0.15, 0.2) is 6.07 Å². The number of hydrogen-bond donors (Lipinski definition) is 4. The van der Waals surface area contributed by atoms with Crippen molar-refractivity contribution in [3.63, 3.8) is 0 Å². The number of aromatic nitrogens is 2. The molecule has 0 aromatic carbocycles. The highest BCUT2D eigenvalue weighted by atomic mass is 35.5. The van der Waals surface area contributed by atoms with Crippen molar-refractivity contribution in [3.05, 3.63) is 11.2 Å². The summed E-state index contributed by atoms with van der Waals surface area (Å²) in [6.07, 6.45) is 1.12. The summed E-state index contributed by atoms with van der Waals surface area (Å²) < 4.78 is 0. The summed E-state index contributed by atoms with van der Waals surface area (Å²) in [6, 6.07) is 1.40.